The Labute approximate surface area is 248 Å². The highest BCUT2D eigenvalue weighted by Crippen LogP contribution is 2.46. The molecule has 1 aliphatic rings. The zero-order chi connectivity index (χ0) is 30.3. The third kappa shape index (κ3) is 7.90. The summed E-state index contributed by atoms with van der Waals surface area (Å²) in [7, 11) is -2.65. The zero-order valence-corrected chi connectivity index (χ0v) is 29.8. The molecule has 5 nitrogen and oxygen atoms in total. The van der Waals surface area contributed by atoms with Crippen LogP contribution in [0, 0.1) is 0 Å². The van der Waals surface area contributed by atoms with E-state index in [2.05, 4.69) is 119 Å². The van der Waals surface area contributed by atoms with Crippen molar-refractivity contribution in [3.63, 3.8) is 0 Å². The largest absolute Gasteiger partial charge is 0.489 e. The van der Waals surface area contributed by atoms with Gasteiger partial charge in [0.2, 0.25) is 16.6 Å². The minimum absolute atomic E-state index is 0.187. The fraction of sp³-hybridized carbons (Fsp3) is 0.758. The molecule has 40 heavy (non-hydrogen) atoms. The number of benzene rings is 1. The molecule has 2 rings (SSSR count). The maximum atomic E-state index is 7.40. The third-order valence-corrected chi connectivity index (χ3v) is 21.4. The van der Waals surface area contributed by atoms with E-state index in [0.717, 1.165) is 12.2 Å². The summed E-state index contributed by atoms with van der Waals surface area (Å²) in [5.74, 6) is 0.937. The summed E-state index contributed by atoms with van der Waals surface area (Å²) < 4.78 is 33.1. The van der Waals surface area contributed by atoms with Crippen LogP contribution >= 0.6 is 0 Å². The summed E-state index contributed by atoms with van der Waals surface area (Å²) in [5, 5.41) is 0. The van der Waals surface area contributed by atoms with Gasteiger partial charge in [0.25, 0.3) is 0 Å². The normalized spacial score (nSPS) is 20.8. The predicted molar refractivity (Wildman–Crippen MR) is 173 cm³/mol. The number of allylic oxidation sites excluding steroid dienone is 1. The predicted octanol–water partition coefficient (Wildman–Crippen LogP) is 9.25. The number of ether oxygens (including phenoxy) is 3. The van der Waals surface area contributed by atoms with Gasteiger partial charge in [0.1, 0.15) is 19.0 Å². The lowest BCUT2D eigenvalue weighted by Crippen LogP contribution is -2.57. The third-order valence-electron chi connectivity index (χ3n) is 9.19. The first-order valence-corrected chi connectivity index (χ1v) is 19.8. The molecule has 0 radical (unpaired) electrons. The molecule has 230 valence electrons. The molecule has 0 aliphatic carbocycles. The van der Waals surface area contributed by atoms with Crippen molar-refractivity contribution in [2.24, 2.45) is 0 Å². The van der Waals surface area contributed by atoms with Crippen LogP contribution in [0.25, 0.3) is 0 Å². The van der Waals surface area contributed by atoms with Gasteiger partial charge in [0, 0.05) is 13.5 Å². The summed E-state index contributed by atoms with van der Waals surface area (Å²) in [6, 6.07) is 10.5. The Morgan fingerprint density at radius 1 is 0.725 bits per heavy atom. The molecule has 0 fully saturated rings. The number of hydrogen-bond donors (Lipinski definition) is 0. The molecule has 7 heteroatoms. The molecule has 0 unspecified atom stereocenters. The van der Waals surface area contributed by atoms with Crippen LogP contribution in [0.15, 0.2) is 42.2 Å². The van der Waals surface area contributed by atoms with E-state index in [4.69, 9.17) is 23.1 Å². The molecule has 1 aliphatic heterocycles. The van der Waals surface area contributed by atoms with E-state index >= 15 is 0 Å². The van der Waals surface area contributed by atoms with Crippen LogP contribution in [-0.4, -0.2) is 55.5 Å². The zero-order valence-electron chi connectivity index (χ0n) is 27.8. The maximum absolute atomic E-state index is 7.40. The quantitative estimate of drug-likeness (QED) is 0.141. The van der Waals surface area contributed by atoms with Crippen molar-refractivity contribution < 1.29 is 23.1 Å². The SMILES string of the molecule is COCO[C@@H]1[C@H](O[Si](C(C)C)(C(C)C)C(C)C)C=C(Cc2ccccc2)O[C@@H]1CO[Si](C(C)C)(C(C)C)C(C)C. The highest BCUT2D eigenvalue weighted by Gasteiger charge is 2.51. The molecular formula is C33H60O5Si2. The standard InChI is InChI=1S/C33H60O5Si2/c1-23(2)39(24(3)4,25(5)6)36-21-32-33(35-22-34-13)31(38-40(26(7)8,27(9)10)28(11)12)20-30(37-32)19-29-17-15-14-16-18-29/h14-18,20,23-28,31-33H,19,21-22H2,1-13H3/t31-,32-,33-/m1/s1. The molecule has 1 aromatic carbocycles. The van der Waals surface area contributed by atoms with Gasteiger partial charge >= 0.3 is 0 Å². The molecule has 0 saturated carbocycles. The molecule has 0 aromatic heterocycles. The van der Waals surface area contributed by atoms with E-state index in [-0.39, 0.29) is 25.1 Å². The van der Waals surface area contributed by atoms with Gasteiger partial charge in [-0.2, -0.15) is 0 Å². The van der Waals surface area contributed by atoms with Gasteiger partial charge in [-0.1, -0.05) is 113 Å². The summed E-state index contributed by atoms with van der Waals surface area (Å²) in [6.45, 7) is 28.6. The fourth-order valence-electron chi connectivity index (χ4n) is 7.64. The molecule has 1 aromatic rings. The van der Waals surface area contributed by atoms with Gasteiger partial charge in [0.05, 0.1) is 18.5 Å². The van der Waals surface area contributed by atoms with Crippen molar-refractivity contribution in [3.05, 3.63) is 47.7 Å². The summed E-state index contributed by atoms with van der Waals surface area (Å²) in [4.78, 5) is 0. The number of hydrogen-bond acceptors (Lipinski definition) is 5. The van der Waals surface area contributed by atoms with Crippen molar-refractivity contribution in [2.45, 2.75) is 141 Å². The van der Waals surface area contributed by atoms with Crippen LogP contribution in [0.3, 0.4) is 0 Å². The molecular weight excluding hydrogens is 533 g/mol. The Kier molecular flexibility index (Phi) is 13.6. The second kappa shape index (κ2) is 15.5. The number of rotatable bonds is 16. The molecule has 0 spiro atoms. The van der Waals surface area contributed by atoms with Crippen molar-refractivity contribution in [2.75, 3.05) is 20.5 Å². The lowest BCUT2D eigenvalue weighted by atomic mass is 10.0. The van der Waals surface area contributed by atoms with Crippen LogP contribution in [0.1, 0.15) is 88.6 Å². The van der Waals surface area contributed by atoms with Crippen molar-refractivity contribution in [1.82, 2.24) is 0 Å². The lowest BCUT2D eigenvalue weighted by Gasteiger charge is -2.48. The van der Waals surface area contributed by atoms with Crippen LogP contribution < -0.4 is 0 Å². The Hall–Kier alpha value is -0.966. The Balaban J connectivity index is 2.57. The molecule has 1 heterocycles. The summed E-state index contributed by atoms with van der Waals surface area (Å²) in [5.41, 5.74) is 4.07. The summed E-state index contributed by atoms with van der Waals surface area (Å²) in [6.07, 6.45) is 2.07. The van der Waals surface area contributed by atoms with E-state index in [9.17, 15) is 0 Å². The minimum Gasteiger partial charge on any atom is -0.489 e. The van der Waals surface area contributed by atoms with Gasteiger partial charge in [-0.05, 0) is 44.9 Å². The molecule has 0 saturated heterocycles. The van der Waals surface area contributed by atoms with Crippen molar-refractivity contribution in [3.8, 4) is 0 Å². The van der Waals surface area contributed by atoms with Crippen LogP contribution in [-0.2, 0) is 29.5 Å². The molecule has 0 amide bonds. The van der Waals surface area contributed by atoms with Gasteiger partial charge in [-0.15, -0.1) is 0 Å². The van der Waals surface area contributed by atoms with E-state index in [1.54, 1.807) is 7.11 Å². The van der Waals surface area contributed by atoms with Gasteiger partial charge in [-0.3, -0.25) is 0 Å². The van der Waals surface area contributed by atoms with Crippen LogP contribution in [0.4, 0.5) is 0 Å². The topological polar surface area (TPSA) is 46.2 Å². The van der Waals surface area contributed by atoms with E-state index < -0.39 is 16.6 Å². The van der Waals surface area contributed by atoms with Gasteiger partial charge in [0.15, 0.2) is 0 Å². The lowest BCUT2D eigenvalue weighted by molar-refractivity contribution is -0.161. The van der Waals surface area contributed by atoms with Crippen molar-refractivity contribution in [1.29, 1.82) is 0 Å². The minimum atomic E-state index is -2.21. The second-order valence-corrected chi connectivity index (χ2v) is 24.4. The highest BCUT2D eigenvalue weighted by atomic mass is 28.4. The molecule has 0 bridgehead atoms. The average molecular weight is 593 g/mol. The van der Waals surface area contributed by atoms with E-state index in [0.29, 0.717) is 39.9 Å². The van der Waals surface area contributed by atoms with E-state index in [1.165, 1.54) is 5.56 Å². The fourth-order valence-corrected chi connectivity index (χ4v) is 18.6. The van der Waals surface area contributed by atoms with Crippen molar-refractivity contribution >= 4 is 16.6 Å². The highest BCUT2D eigenvalue weighted by molar-refractivity contribution is 6.78. The Bertz CT molecular complexity index is 854. The number of methoxy groups -OCH3 is 1. The molecule has 0 N–H and O–H groups in total. The van der Waals surface area contributed by atoms with Crippen LogP contribution in [0.2, 0.25) is 33.2 Å². The monoisotopic (exact) mass is 592 g/mol. The van der Waals surface area contributed by atoms with Gasteiger partial charge in [-0.25, -0.2) is 0 Å². The first kappa shape index (κ1) is 35.2. The summed E-state index contributed by atoms with van der Waals surface area (Å²) >= 11 is 0. The second-order valence-electron chi connectivity index (χ2n) is 13.5. The van der Waals surface area contributed by atoms with E-state index in [1.807, 2.05) is 0 Å². The van der Waals surface area contributed by atoms with Crippen LogP contribution in [0.5, 0.6) is 0 Å². The Morgan fingerprint density at radius 3 is 1.68 bits per heavy atom. The maximum Gasteiger partial charge on any atom is 0.201 e. The average Bonchev–Trinajstić information content (AvgIpc) is 2.86. The first-order chi connectivity index (χ1) is 18.7. The molecule has 3 atom stereocenters. The van der Waals surface area contributed by atoms with Gasteiger partial charge < -0.3 is 23.1 Å². The Morgan fingerprint density at radius 2 is 1.23 bits per heavy atom. The first-order valence-electron chi connectivity index (χ1n) is 15.6. The smallest absolute Gasteiger partial charge is 0.201 e.